The highest BCUT2D eigenvalue weighted by Gasteiger charge is 2.20. The molecule has 16 heavy (non-hydrogen) atoms. The largest absolute Gasteiger partial charge is 0.373 e. The zero-order chi connectivity index (χ0) is 11.4. The van der Waals surface area contributed by atoms with E-state index in [9.17, 15) is 0 Å². The average molecular weight is 220 g/mol. The van der Waals surface area contributed by atoms with E-state index in [0.29, 0.717) is 6.10 Å². The Kier molecular flexibility index (Phi) is 3.80. The summed E-state index contributed by atoms with van der Waals surface area (Å²) in [6.45, 7) is 3.80. The van der Waals surface area contributed by atoms with E-state index in [-0.39, 0.29) is 0 Å². The molecular weight excluding hydrogens is 200 g/mol. The summed E-state index contributed by atoms with van der Waals surface area (Å²) in [6, 6.07) is 10.6. The number of benzene rings is 1. The van der Waals surface area contributed by atoms with Crippen molar-refractivity contribution in [2.24, 2.45) is 0 Å². The minimum Gasteiger partial charge on any atom is -0.373 e. The summed E-state index contributed by atoms with van der Waals surface area (Å²) in [6.07, 6.45) is 0.323. The van der Waals surface area contributed by atoms with Crippen LogP contribution in [0, 0.1) is 0 Å². The van der Waals surface area contributed by atoms with Gasteiger partial charge in [-0.05, 0) is 26.2 Å². The Morgan fingerprint density at radius 2 is 2.06 bits per heavy atom. The topological polar surface area (TPSA) is 15.7 Å². The minimum atomic E-state index is 0.323. The summed E-state index contributed by atoms with van der Waals surface area (Å²) in [4.78, 5) is 4.58. The standard InChI is InChI=1S/C13H20N2O/c1-14(2)10-13-11-15(8-9-16-13)12-6-4-3-5-7-12/h3-7,13H,8-11H2,1-2H3. The molecule has 1 aliphatic rings. The summed E-state index contributed by atoms with van der Waals surface area (Å²) in [5.74, 6) is 0. The maximum absolute atomic E-state index is 5.76. The molecule has 0 saturated carbocycles. The van der Waals surface area contributed by atoms with Gasteiger partial charge in [0, 0.05) is 25.3 Å². The highest BCUT2D eigenvalue weighted by Crippen LogP contribution is 2.17. The molecule has 1 heterocycles. The summed E-state index contributed by atoms with van der Waals surface area (Å²) in [7, 11) is 4.18. The molecule has 1 unspecified atom stereocenters. The Morgan fingerprint density at radius 1 is 1.31 bits per heavy atom. The molecular formula is C13H20N2O. The predicted octanol–water partition coefficient (Wildman–Crippen LogP) is 1.45. The number of hydrogen-bond acceptors (Lipinski definition) is 3. The Balaban J connectivity index is 1.97. The Hall–Kier alpha value is -1.06. The van der Waals surface area contributed by atoms with Gasteiger partial charge in [-0.1, -0.05) is 18.2 Å². The molecule has 2 rings (SSSR count). The Morgan fingerprint density at radius 3 is 2.75 bits per heavy atom. The third kappa shape index (κ3) is 2.97. The van der Waals surface area contributed by atoms with Crippen molar-refractivity contribution < 1.29 is 4.74 Å². The molecule has 0 amide bonds. The van der Waals surface area contributed by atoms with Crippen LogP contribution in [0.2, 0.25) is 0 Å². The molecule has 1 aromatic carbocycles. The Labute approximate surface area is 97.6 Å². The molecule has 1 aliphatic heterocycles. The molecule has 1 aromatic rings. The highest BCUT2D eigenvalue weighted by atomic mass is 16.5. The van der Waals surface area contributed by atoms with Crippen LogP contribution >= 0.6 is 0 Å². The monoisotopic (exact) mass is 220 g/mol. The first kappa shape index (κ1) is 11.4. The van der Waals surface area contributed by atoms with Crippen molar-refractivity contribution in [3.63, 3.8) is 0 Å². The van der Waals surface area contributed by atoms with E-state index in [4.69, 9.17) is 4.74 Å². The van der Waals surface area contributed by atoms with E-state index in [1.54, 1.807) is 0 Å². The molecule has 0 bridgehead atoms. The van der Waals surface area contributed by atoms with Gasteiger partial charge < -0.3 is 14.5 Å². The van der Waals surface area contributed by atoms with Gasteiger partial charge in [0.1, 0.15) is 0 Å². The van der Waals surface area contributed by atoms with Crippen LogP contribution in [0.25, 0.3) is 0 Å². The molecule has 1 saturated heterocycles. The van der Waals surface area contributed by atoms with Gasteiger partial charge in [0.25, 0.3) is 0 Å². The molecule has 0 radical (unpaired) electrons. The van der Waals surface area contributed by atoms with E-state index >= 15 is 0 Å². The summed E-state index contributed by atoms with van der Waals surface area (Å²) >= 11 is 0. The van der Waals surface area contributed by atoms with Gasteiger partial charge in [-0.25, -0.2) is 0 Å². The quantitative estimate of drug-likeness (QED) is 0.767. The number of anilines is 1. The zero-order valence-electron chi connectivity index (χ0n) is 10.1. The second kappa shape index (κ2) is 5.32. The van der Waals surface area contributed by atoms with Gasteiger partial charge in [0.15, 0.2) is 0 Å². The van der Waals surface area contributed by atoms with Crippen molar-refractivity contribution >= 4 is 5.69 Å². The van der Waals surface area contributed by atoms with Crippen molar-refractivity contribution in [1.29, 1.82) is 0 Å². The molecule has 0 spiro atoms. The second-order valence-corrected chi connectivity index (χ2v) is 4.54. The molecule has 0 N–H and O–H groups in total. The number of likely N-dealkylation sites (N-methyl/N-ethyl adjacent to an activating group) is 1. The molecule has 0 aliphatic carbocycles. The van der Waals surface area contributed by atoms with Crippen LogP contribution in [0.3, 0.4) is 0 Å². The normalized spacial score (nSPS) is 21.4. The van der Waals surface area contributed by atoms with Crippen molar-refractivity contribution in [3.8, 4) is 0 Å². The van der Waals surface area contributed by atoms with Crippen LogP contribution in [0.5, 0.6) is 0 Å². The zero-order valence-corrected chi connectivity index (χ0v) is 10.1. The van der Waals surface area contributed by atoms with Crippen LogP contribution in [-0.4, -0.2) is 51.3 Å². The first-order chi connectivity index (χ1) is 7.75. The average Bonchev–Trinajstić information content (AvgIpc) is 2.30. The fourth-order valence-corrected chi connectivity index (χ4v) is 2.11. The first-order valence-electron chi connectivity index (χ1n) is 5.82. The fraction of sp³-hybridized carbons (Fsp3) is 0.538. The lowest BCUT2D eigenvalue weighted by Gasteiger charge is -2.35. The van der Waals surface area contributed by atoms with E-state index < -0.39 is 0 Å². The third-order valence-electron chi connectivity index (χ3n) is 2.83. The van der Waals surface area contributed by atoms with Gasteiger partial charge in [-0.2, -0.15) is 0 Å². The molecule has 1 fully saturated rings. The molecule has 88 valence electrons. The van der Waals surface area contributed by atoms with Crippen LogP contribution in [0.1, 0.15) is 0 Å². The van der Waals surface area contributed by atoms with Gasteiger partial charge in [-0.3, -0.25) is 0 Å². The summed E-state index contributed by atoms with van der Waals surface area (Å²) in [5.41, 5.74) is 1.30. The number of para-hydroxylation sites is 1. The highest BCUT2D eigenvalue weighted by molar-refractivity contribution is 5.46. The number of ether oxygens (including phenoxy) is 1. The third-order valence-corrected chi connectivity index (χ3v) is 2.83. The smallest absolute Gasteiger partial charge is 0.0877 e. The van der Waals surface area contributed by atoms with Gasteiger partial charge >= 0.3 is 0 Å². The van der Waals surface area contributed by atoms with E-state index in [2.05, 4.69) is 54.2 Å². The summed E-state index contributed by atoms with van der Waals surface area (Å²) in [5, 5.41) is 0. The van der Waals surface area contributed by atoms with E-state index in [0.717, 1.165) is 26.2 Å². The predicted molar refractivity (Wildman–Crippen MR) is 66.9 cm³/mol. The Bertz CT molecular complexity index is 313. The van der Waals surface area contributed by atoms with Gasteiger partial charge in [0.2, 0.25) is 0 Å². The van der Waals surface area contributed by atoms with Gasteiger partial charge in [0.05, 0.1) is 12.7 Å². The SMILES string of the molecule is CN(C)CC1CN(c2ccccc2)CCO1. The molecule has 1 atom stereocenters. The molecule has 0 aromatic heterocycles. The van der Waals surface area contributed by atoms with Crippen molar-refractivity contribution in [3.05, 3.63) is 30.3 Å². The van der Waals surface area contributed by atoms with E-state index in [1.807, 2.05) is 0 Å². The fourth-order valence-electron chi connectivity index (χ4n) is 2.11. The minimum absolute atomic E-state index is 0.323. The number of hydrogen-bond donors (Lipinski definition) is 0. The van der Waals surface area contributed by atoms with E-state index in [1.165, 1.54) is 5.69 Å². The van der Waals surface area contributed by atoms with Crippen molar-refractivity contribution in [2.75, 3.05) is 45.2 Å². The van der Waals surface area contributed by atoms with Gasteiger partial charge in [-0.15, -0.1) is 0 Å². The van der Waals surface area contributed by atoms with Crippen LogP contribution in [0.4, 0.5) is 5.69 Å². The second-order valence-electron chi connectivity index (χ2n) is 4.54. The lowest BCUT2D eigenvalue weighted by molar-refractivity contribution is 0.0248. The number of morpholine rings is 1. The maximum Gasteiger partial charge on any atom is 0.0877 e. The van der Waals surface area contributed by atoms with Crippen LogP contribution in [-0.2, 0) is 4.74 Å². The van der Waals surface area contributed by atoms with Crippen LogP contribution in [0.15, 0.2) is 30.3 Å². The maximum atomic E-state index is 5.76. The molecule has 3 heteroatoms. The van der Waals surface area contributed by atoms with Crippen molar-refractivity contribution in [2.45, 2.75) is 6.10 Å². The lowest BCUT2D eigenvalue weighted by atomic mass is 10.2. The lowest BCUT2D eigenvalue weighted by Crippen LogP contribution is -2.46. The molecule has 3 nitrogen and oxygen atoms in total. The summed E-state index contributed by atoms with van der Waals surface area (Å²) < 4.78 is 5.76. The van der Waals surface area contributed by atoms with Crippen molar-refractivity contribution in [1.82, 2.24) is 4.90 Å². The number of rotatable bonds is 3. The van der Waals surface area contributed by atoms with Crippen LogP contribution < -0.4 is 4.90 Å². The number of nitrogens with zero attached hydrogens (tertiary/aromatic N) is 2. The first-order valence-corrected chi connectivity index (χ1v) is 5.82.